The van der Waals surface area contributed by atoms with Crippen LogP contribution >= 0.6 is 0 Å². The van der Waals surface area contributed by atoms with E-state index in [4.69, 9.17) is 4.74 Å². The Balaban J connectivity index is 2.01. The Hall–Kier alpha value is -0.120. The molecule has 3 saturated carbocycles. The molecule has 0 saturated heterocycles. The van der Waals surface area contributed by atoms with Crippen LogP contribution in [0.2, 0.25) is 0 Å². The predicted molar refractivity (Wildman–Crippen MR) is 73.7 cm³/mol. The molecule has 3 nitrogen and oxygen atoms in total. The number of aliphatic hydroxyl groups is 2. The first-order valence-corrected chi connectivity index (χ1v) is 7.72. The molecule has 3 fully saturated rings. The predicted octanol–water partition coefficient (Wildman–Crippen LogP) is 2.35. The monoisotopic (exact) mass is 268 g/mol. The van der Waals surface area contributed by atoms with Crippen molar-refractivity contribution in [2.24, 2.45) is 22.2 Å². The van der Waals surface area contributed by atoms with E-state index in [2.05, 4.69) is 13.8 Å². The summed E-state index contributed by atoms with van der Waals surface area (Å²) in [4.78, 5) is 0. The zero-order valence-electron chi connectivity index (χ0n) is 12.5. The highest BCUT2D eigenvalue weighted by atomic mass is 16.5. The van der Waals surface area contributed by atoms with E-state index < -0.39 is 0 Å². The third-order valence-electron chi connectivity index (χ3n) is 6.79. The van der Waals surface area contributed by atoms with Crippen LogP contribution in [0.1, 0.15) is 52.4 Å². The van der Waals surface area contributed by atoms with Crippen molar-refractivity contribution < 1.29 is 14.9 Å². The molecule has 0 aromatic rings. The Bertz CT molecular complexity index is 367. The summed E-state index contributed by atoms with van der Waals surface area (Å²) in [6.07, 6.45) is 6.02. The van der Waals surface area contributed by atoms with Gasteiger partial charge in [0.2, 0.25) is 0 Å². The van der Waals surface area contributed by atoms with Gasteiger partial charge in [-0.25, -0.2) is 0 Å². The van der Waals surface area contributed by atoms with Crippen LogP contribution in [-0.2, 0) is 4.74 Å². The van der Waals surface area contributed by atoms with E-state index in [9.17, 15) is 10.2 Å². The molecule has 0 amide bonds. The molecule has 1 spiro atoms. The van der Waals surface area contributed by atoms with Crippen molar-refractivity contribution >= 4 is 0 Å². The summed E-state index contributed by atoms with van der Waals surface area (Å²) in [5, 5.41) is 20.2. The van der Waals surface area contributed by atoms with Gasteiger partial charge in [0.1, 0.15) is 0 Å². The Morgan fingerprint density at radius 3 is 2.58 bits per heavy atom. The maximum atomic E-state index is 10.4. The second kappa shape index (κ2) is 4.19. The fraction of sp³-hybridized carbons (Fsp3) is 1.00. The third kappa shape index (κ3) is 1.68. The summed E-state index contributed by atoms with van der Waals surface area (Å²) in [6, 6.07) is 0. The van der Waals surface area contributed by atoms with E-state index in [1.807, 2.05) is 7.11 Å². The summed E-state index contributed by atoms with van der Waals surface area (Å²) in [6.45, 7) is 4.87. The van der Waals surface area contributed by atoms with Gasteiger partial charge in [0.25, 0.3) is 0 Å². The number of rotatable bonds is 2. The van der Waals surface area contributed by atoms with Crippen molar-refractivity contribution in [3.8, 4) is 0 Å². The van der Waals surface area contributed by atoms with Gasteiger partial charge in [0, 0.05) is 17.9 Å². The lowest BCUT2D eigenvalue weighted by atomic mass is 9.48. The molecule has 2 N–H and O–H groups in total. The summed E-state index contributed by atoms with van der Waals surface area (Å²) in [7, 11) is 1.83. The molecule has 0 heterocycles. The van der Waals surface area contributed by atoms with Crippen molar-refractivity contribution in [3.05, 3.63) is 0 Å². The summed E-state index contributed by atoms with van der Waals surface area (Å²) in [5.74, 6) is 0.678. The van der Waals surface area contributed by atoms with Crippen LogP contribution < -0.4 is 0 Å². The highest BCUT2D eigenvalue weighted by Crippen LogP contribution is 2.69. The molecule has 0 aromatic heterocycles. The Labute approximate surface area is 116 Å². The fourth-order valence-electron chi connectivity index (χ4n) is 5.89. The third-order valence-corrected chi connectivity index (χ3v) is 6.79. The Kier molecular flexibility index (Phi) is 3.05. The first-order valence-electron chi connectivity index (χ1n) is 7.72. The highest BCUT2D eigenvalue weighted by molar-refractivity contribution is 5.15. The normalized spacial score (nSPS) is 51.9. The lowest BCUT2D eigenvalue weighted by Gasteiger charge is -2.58. The molecule has 3 heteroatoms. The zero-order valence-corrected chi connectivity index (χ0v) is 12.5. The summed E-state index contributed by atoms with van der Waals surface area (Å²) in [5.41, 5.74) is 0.259. The van der Waals surface area contributed by atoms with Crippen molar-refractivity contribution in [2.45, 2.75) is 64.6 Å². The molecule has 110 valence electrons. The first-order chi connectivity index (χ1) is 8.90. The molecule has 2 bridgehead atoms. The minimum absolute atomic E-state index is 0.125. The molecule has 19 heavy (non-hydrogen) atoms. The van der Waals surface area contributed by atoms with E-state index in [1.165, 1.54) is 0 Å². The molecule has 3 aliphatic rings. The molecular formula is C16H28O3. The second-order valence-corrected chi connectivity index (χ2v) is 7.99. The maximum Gasteiger partial charge on any atom is 0.0635 e. The Morgan fingerprint density at radius 1 is 1.21 bits per heavy atom. The van der Waals surface area contributed by atoms with Gasteiger partial charge < -0.3 is 14.9 Å². The molecular weight excluding hydrogens is 240 g/mol. The quantitative estimate of drug-likeness (QED) is 0.808. The van der Waals surface area contributed by atoms with Crippen molar-refractivity contribution in [2.75, 3.05) is 13.7 Å². The SMILES string of the molecule is CO[C@H]1CC(C)(C)[C@@H]2CC[C@@]3(CO)C[C@]12CC[C@H]3O. The van der Waals surface area contributed by atoms with Gasteiger partial charge in [0.15, 0.2) is 0 Å². The van der Waals surface area contributed by atoms with Crippen LogP contribution in [0.25, 0.3) is 0 Å². The number of methoxy groups -OCH3 is 1. The van der Waals surface area contributed by atoms with E-state index >= 15 is 0 Å². The van der Waals surface area contributed by atoms with Crippen LogP contribution in [0.3, 0.4) is 0 Å². The average molecular weight is 268 g/mol. The second-order valence-electron chi connectivity index (χ2n) is 7.99. The molecule has 5 atom stereocenters. The number of hydrogen-bond acceptors (Lipinski definition) is 3. The van der Waals surface area contributed by atoms with Gasteiger partial charge in [-0.2, -0.15) is 0 Å². The van der Waals surface area contributed by atoms with Crippen LogP contribution in [0.4, 0.5) is 0 Å². The summed E-state index contributed by atoms with van der Waals surface area (Å²) < 4.78 is 5.85. The zero-order chi connectivity index (χ0) is 13.9. The lowest BCUT2D eigenvalue weighted by molar-refractivity contribution is -0.170. The molecule has 0 radical (unpaired) electrons. The number of fused-ring (bicyclic) bond motifs is 1. The van der Waals surface area contributed by atoms with Crippen molar-refractivity contribution in [1.29, 1.82) is 0 Å². The molecule has 3 aliphatic carbocycles. The first kappa shape index (κ1) is 13.8. The standard InChI is InChI=1S/C16H28O3/c1-14(2)8-13(19-3)16-7-5-12(18)15(9-16,10-17)6-4-11(14)16/h11-13,17-18H,4-10H2,1-3H3/t11-,12+,13-,15-,16-/m0/s1. The van der Waals surface area contributed by atoms with Gasteiger partial charge in [-0.3, -0.25) is 0 Å². The van der Waals surface area contributed by atoms with Gasteiger partial charge in [-0.15, -0.1) is 0 Å². The summed E-state index contributed by atoms with van der Waals surface area (Å²) >= 11 is 0. The largest absolute Gasteiger partial charge is 0.396 e. The smallest absolute Gasteiger partial charge is 0.0635 e. The number of aliphatic hydroxyl groups excluding tert-OH is 2. The number of ether oxygens (including phenoxy) is 1. The van der Waals surface area contributed by atoms with Gasteiger partial charge in [-0.1, -0.05) is 13.8 Å². The minimum Gasteiger partial charge on any atom is -0.396 e. The lowest BCUT2D eigenvalue weighted by Crippen LogP contribution is -2.56. The Morgan fingerprint density at radius 2 is 1.95 bits per heavy atom. The van der Waals surface area contributed by atoms with Crippen LogP contribution in [0, 0.1) is 22.2 Å². The average Bonchev–Trinajstić information content (AvgIpc) is 2.61. The molecule has 3 rings (SSSR count). The highest BCUT2D eigenvalue weighted by Gasteiger charge is 2.65. The minimum atomic E-state index is -0.328. The van der Waals surface area contributed by atoms with E-state index in [1.54, 1.807) is 0 Å². The molecule has 0 aromatic carbocycles. The van der Waals surface area contributed by atoms with E-state index in [0.29, 0.717) is 17.4 Å². The van der Waals surface area contributed by atoms with E-state index in [-0.39, 0.29) is 23.5 Å². The van der Waals surface area contributed by atoms with Gasteiger partial charge in [-0.05, 0) is 49.9 Å². The van der Waals surface area contributed by atoms with Gasteiger partial charge in [0.05, 0.1) is 18.8 Å². The maximum absolute atomic E-state index is 10.4. The van der Waals surface area contributed by atoms with Crippen LogP contribution in [0.5, 0.6) is 0 Å². The topological polar surface area (TPSA) is 49.7 Å². The van der Waals surface area contributed by atoms with E-state index in [0.717, 1.165) is 38.5 Å². The van der Waals surface area contributed by atoms with Gasteiger partial charge >= 0.3 is 0 Å². The molecule has 0 unspecified atom stereocenters. The van der Waals surface area contributed by atoms with Crippen LogP contribution in [-0.4, -0.2) is 36.1 Å². The molecule has 0 aliphatic heterocycles. The number of hydrogen-bond donors (Lipinski definition) is 2. The van der Waals surface area contributed by atoms with Crippen molar-refractivity contribution in [1.82, 2.24) is 0 Å². The fourth-order valence-corrected chi connectivity index (χ4v) is 5.89. The van der Waals surface area contributed by atoms with Crippen LogP contribution in [0.15, 0.2) is 0 Å². The van der Waals surface area contributed by atoms with Crippen molar-refractivity contribution in [3.63, 3.8) is 0 Å².